The number of amides is 1. The lowest BCUT2D eigenvalue weighted by atomic mass is 10.2. The third-order valence-corrected chi connectivity index (χ3v) is 2.24. The summed E-state index contributed by atoms with van der Waals surface area (Å²) >= 11 is 0. The Morgan fingerprint density at radius 3 is 2.75 bits per heavy atom. The van der Waals surface area contributed by atoms with Crippen molar-refractivity contribution in [1.29, 1.82) is 5.26 Å². The van der Waals surface area contributed by atoms with Gasteiger partial charge in [-0.05, 0) is 7.05 Å². The molecule has 4 heteroatoms. The van der Waals surface area contributed by atoms with Gasteiger partial charge in [0.2, 0.25) is 5.91 Å². The zero-order valence-electron chi connectivity index (χ0n) is 7.45. The Kier molecular flexibility index (Phi) is 2.66. The highest BCUT2D eigenvalue weighted by Gasteiger charge is 2.24. The molecule has 0 spiro atoms. The predicted octanol–water partition coefficient (Wildman–Crippen LogP) is -0.328. The maximum absolute atomic E-state index is 11.0. The fourth-order valence-electron chi connectivity index (χ4n) is 1.30. The van der Waals surface area contributed by atoms with Crippen LogP contribution in [0.1, 0.15) is 6.92 Å². The number of nitriles is 1. The van der Waals surface area contributed by atoms with Gasteiger partial charge in [0.1, 0.15) is 6.04 Å². The highest BCUT2D eigenvalue weighted by molar-refractivity contribution is 5.73. The van der Waals surface area contributed by atoms with Crippen LogP contribution in [0, 0.1) is 11.3 Å². The average Bonchev–Trinajstić information content (AvgIpc) is 2.05. The lowest BCUT2D eigenvalue weighted by molar-refractivity contribution is -0.130. The van der Waals surface area contributed by atoms with Gasteiger partial charge in [-0.25, -0.2) is 0 Å². The standard InChI is InChI=1S/C8H13N3O/c1-7(12)11-4-3-10(2)8(5-9)6-11/h8H,3-4,6H2,1-2H3. The number of piperazine rings is 1. The Hall–Kier alpha value is -1.08. The van der Waals surface area contributed by atoms with Gasteiger partial charge in [-0.1, -0.05) is 0 Å². The molecule has 1 aliphatic rings. The highest BCUT2D eigenvalue weighted by atomic mass is 16.2. The van der Waals surface area contributed by atoms with Crippen LogP contribution in [-0.4, -0.2) is 48.4 Å². The van der Waals surface area contributed by atoms with Crippen LogP contribution in [0.5, 0.6) is 0 Å². The Labute approximate surface area is 72.4 Å². The molecule has 0 bridgehead atoms. The molecule has 4 nitrogen and oxygen atoms in total. The van der Waals surface area contributed by atoms with Crippen molar-refractivity contribution in [1.82, 2.24) is 9.80 Å². The predicted molar refractivity (Wildman–Crippen MR) is 44.3 cm³/mol. The number of likely N-dealkylation sites (N-methyl/N-ethyl adjacent to an activating group) is 1. The summed E-state index contributed by atoms with van der Waals surface area (Å²) in [4.78, 5) is 14.7. The van der Waals surface area contributed by atoms with Gasteiger partial charge in [-0.2, -0.15) is 5.26 Å². The molecule has 1 unspecified atom stereocenters. The van der Waals surface area contributed by atoms with Crippen molar-refractivity contribution >= 4 is 5.91 Å². The van der Waals surface area contributed by atoms with Crippen molar-refractivity contribution in [2.75, 3.05) is 26.7 Å². The molecule has 0 saturated carbocycles. The van der Waals surface area contributed by atoms with E-state index >= 15 is 0 Å². The summed E-state index contributed by atoms with van der Waals surface area (Å²) in [5, 5.41) is 8.73. The second-order valence-corrected chi connectivity index (χ2v) is 3.09. The van der Waals surface area contributed by atoms with Crippen molar-refractivity contribution < 1.29 is 4.79 Å². The Morgan fingerprint density at radius 1 is 1.58 bits per heavy atom. The van der Waals surface area contributed by atoms with Crippen LogP contribution < -0.4 is 0 Å². The molecule has 1 heterocycles. The lowest BCUT2D eigenvalue weighted by Crippen LogP contribution is -2.52. The molecule has 1 atom stereocenters. The van der Waals surface area contributed by atoms with E-state index in [9.17, 15) is 4.79 Å². The van der Waals surface area contributed by atoms with Gasteiger partial charge in [-0.3, -0.25) is 9.69 Å². The fraction of sp³-hybridized carbons (Fsp3) is 0.750. The molecule has 0 radical (unpaired) electrons. The van der Waals surface area contributed by atoms with E-state index in [0.29, 0.717) is 6.54 Å². The normalized spacial score (nSPS) is 25.1. The molecule has 1 amide bonds. The Morgan fingerprint density at radius 2 is 2.25 bits per heavy atom. The summed E-state index contributed by atoms with van der Waals surface area (Å²) in [6.45, 7) is 3.61. The van der Waals surface area contributed by atoms with Gasteiger partial charge in [0, 0.05) is 26.6 Å². The molecule has 0 aromatic carbocycles. The molecular weight excluding hydrogens is 154 g/mol. The summed E-state index contributed by atoms with van der Waals surface area (Å²) in [5.41, 5.74) is 0. The summed E-state index contributed by atoms with van der Waals surface area (Å²) in [6, 6.07) is 2.03. The molecule has 66 valence electrons. The lowest BCUT2D eigenvalue weighted by Gasteiger charge is -2.35. The summed E-state index contributed by atoms with van der Waals surface area (Å²) in [7, 11) is 1.91. The van der Waals surface area contributed by atoms with Crippen LogP contribution in [0.25, 0.3) is 0 Å². The van der Waals surface area contributed by atoms with Crippen molar-refractivity contribution in [2.24, 2.45) is 0 Å². The smallest absolute Gasteiger partial charge is 0.219 e. The molecule has 1 rings (SSSR count). The third-order valence-electron chi connectivity index (χ3n) is 2.24. The van der Waals surface area contributed by atoms with Gasteiger partial charge in [0.05, 0.1) is 6.07 Å². The van der Waals surface area contributed by atoms with E-state index in [1.54, 1.807) is 11.8 Å². The number of rotatable bonds is 0. The SMILES string of the molecule is CC(=O)N1CCN(C)C(C#N)C1. The van der Waals surface area contributed by atoms with E-state index in [2.05, 4.69) is 6.07 Å². The first-order valence-electron chi connectivity index (χ1n) is 4.00. The number of nitrogens with zero attached hydrogens (tertiary/aromatic N) is 3. The molecule has 0 N–H and O–H groups in total. The minimum absolute atomic E-state index is 0.0587. The summed E-state index contributed by atoms with van der Waals surface area (Å²) in [6.07, 6.45) is 0. The van der Waals surface area contributed by atoms with Crippen molar-refractivity contribution in [2.45, 2.75) is 13.0 Å². The van der Waals surface area contributed by atoms with E-state index < -0.39 is 0 Å². The first kappa shape index (κ1) is 9.01. The second-order valence-electron chi connectivity index (χ2n) is 3.09. The molecule has 0 aromatic heterocycles. The molecule has 1 saturated heterocycles. The van der Waals surface area contributed by atoms with E-state index in [-0.39, 0.29) is 11.9 Å². The van der Waals surface area contributed by atoms with Crippen molar-refractivity contribution in [3.8, 4) is 6.07 Å². The van der Waals surface area contributed by atoms with Crippen LogP contribution in [0.4, 0.5) is 0 Å². The van der Waals surface area contributed by atoms with Gasteiger partial charge in [0.25, 0.3) is 0 Å². The average molecular weight is 167 g/mol. The van der Waals surface area contributed by atoms with E-state index in [1.807, 2.05) is 11.9 Å². The van der Waals surface area contributed by atoms with Gasteiger partial charge in [0.15, 0.2) is 0 Å². The number of carbonyl (C=O) groups is 1. The number of carbonyl (C=O) groups excluding carboxylic acids is 1. The van der Waals surface area contributed by atoms with Crippen LogP contribution in [0.15, 0.2) is 0 Å². The largest absolute Gasteiger partial charge is 0.339 e. The minimum atomic E-state index is -0.136. The fourth-order valence-corrected chi connectivity index (χ4v) is 1.30. The second kappa shape index (κ2) is 3.55. The minimum Gasteiger partial charge on any atom is -0.339 e. The van der Waals surface area contributed by atoms with E-state index in [4.69, 9.17) is 5.26 Å². The Bertz CT molecular complexity index is 221. The summed E-state index contributed by atoms with van der Waals surface area (Å²) < 4.78 is 0. The zero-order chi connectivity index (χ0) is 9.14. The molecule has 1 fully saturated rings. The van der Waals surface area contributed by atoms with E-state index in [0.717, 1.165) is 13.1 Å². The molecular formula is C8H13N3O. The quantitative estimate of drug-likeness (QED) is 0.496. The Balaban J connectivity index is 2.57. The van der Waals surface area contributed by atoms with Crippen molar-refractivity contribution in [3.63, 3.8) is 0 Å². The highest BCUT2D eigenvalue weighted by Crippen LogP contribution is 2.06. The van der Waals surface area contributed by atoms with E-state index in [1.165, 1.54) is 0 Å². The zero-order valence-corrected chi connectivity index (χ0v) is 7.45. The first-order valence-corrected chi connectivity index (χ1v) is 4.00. The van der Waals surface area contributed by atoms with Gasteiger partial charge >= 0.3 is 0 Å². The van der Waals surface area contributed by atoms with Gasteiger partial charge in [-0.15, -0.1) is 0 Å². The molecule has 1 aliphatic heterocycles. The van der Waals surface area contributed by atoms with Crippen molar-refractivity contribution in [3.05, 3.63) is 0 Å². The molecule has 12 heavy (non-hydrogen) atoms. The van der Waals surface area contributed by atoms with Crippen LogP contribution in [-0.2, 0) is 4.79 Å². The maximum atomic E-state index is 11.0. The van der Waals surface area contributed by atoms with Crippen LogP contribution in [0.2, 0.25) is 0 Å². The number of hydrogen-bond acceptors (Lipinski definition) is 3. The maximum Gasteiger partial charge on any atom is 0.219 e. The monoisotopic (exact) mass is 167 g/mol. The topological polar surface area (TPSA) is 47.3 Å². The molecule has 0 aromatic rings. The summed E-state index contributed by atoms with van der Waals surface area (Å²) in [5.74, 6) is 0.0587. The van der Waals surface area contributed by atoms with Gasteiger partial charge < -0.3 is 4.90 Å². The van der Waals surface area contributed by atoms with Crippen LogP contribution in [0.3, 0.4) is 0 Å². The number of hydrogen-bond donors (Lipinski definition) is 0. The first-order chi connectivity index (χ1) is 5.65. The molecule has 0 aliphatic carbocycles. The van der Waals surface area contributed by atoms with Crippen LogP contribution >= 0.6 is 0 Å². The third kappa shape index (κ3) is 1.74.